The number of aryl methyl sites for hydroxylation is 1. The van der Waals surface area contributed by atoms with Gasteiger partial charge in [-0.05, 0) is 29.7 Å². The summed E-state index contributed by atoms with van der Waals surface area (Å²) < 4.78 is 2.08. The first kappa shape index (κ1) is 17.8. The zero-order chi connectivity index (χ0) is 19.5. The molecule has 3 N–H and O–H groups in total. The predicted octanol–water partition coefficient (Wildman–Crippen LogP) is 4.49. The van der Waals surface area contributed by atoms with Crippen LogP contribution >= 0.6 is 0 Å². The molecular formula is C23H22N4O. The normalized spacial score (nSPS) is 10.9. The highest BCUT2D eigenvalue weighted by Crippen LogP contribution is 2.31. The SMILES string of the molecule is CCc1ccccc1Nc1c(C(N)=O)cnc2c1ccn2Cc1ccccc1. The highest BCUT2D eigenvalue weighted by Gasteiger charge is 2.17. The smallest absolute Gasteiger partial charge is 0.252 e. The maximum atomic E-state index is 12.0. The van der Waals surface area contributed by atoms with Crippen LogP contribution in [0.5, 0.6) is 0 Å². The van der Waals surface area contributed by atoms with E-state index in [1.165, 1.54) is 11.1 Å². The first-order valence-corrected chi connectivity index (χ1v) is 9.34. The van der Waals surface area contributed by atoms with Crippen molar-refractivity contribution in [1.29, 1.82) is 0 Å². The Morgan fingerprint density at radius 2 is 1.82 bits per heavy atom. The third kappa shape index (κ3) is 3.34. The number of amides is 1. The highest BCUT2D eigenvalue weighted by atomic mass is 16.1. The van der Waals surface area contributed by atoms with Crippen LogP contribution in [-0.4, -0.2) is 15.5 Å². The van der Waals surface area contributed by atoms with E-state index in [2.05, 4.69) is 40.0 Å². The van der Waals surface area contributed by atoms with Gasteiger partial charge in [-0.25, -0.2) is 4.98 Å². The number of carbonyl (C=O) groups is 1. The van der Waals surface area contributed by atoms with Gasteiger partial charge in [0.25, 0.3) is 5.91 Å². The number of nitrogens with two attached hydrogens (primary N) is 1. The van der Waals surface area contributed by atoms with E-state index in [1.807, 2.05) is 48.7 Å². The molecule has 28 heavy (non-hydrogen) atoms. The van der Waals surface area contributed by atoms with E-state index in [-0.39, 0.29) is 0 Å². The molecule has 0 unspecified atom stereocenters. The molecule has 0 saturated heterocycles. The van der Waals surface area contributed by atoms with Gasteiger partial charge in [-0.3, -0.25) is 4.79 Å². The van der Waals surface area contributed by atoms with Crippen LogP contribution in [0.15, 0.2) is 73.1 Å². The zero-order valence-corrected chi connectivity index (χ0v) is 15.7. The third-order valence-electron chi connectivity index (χ3n) is 4.91. The fraction of sp³-hybridized carbons (Fsp3) is 0.130. The number of pyridine rings is 1. The van der Waals surface area contributed by atoms with E-state index in [9.17, 15) is 4.79 Å². The van der Waals surface area contributed by atoms with Gasteiger partial charge in [0.15, 0.2) is 0 Å². The van der Waals surface area contributed by atoms with E-state index in [0.29, 0.717) is 17.8 Å². The lowest BCUT2D eigenvalue weighted by molar-refractivity contribution is 0.100. The van der Waals surface area contributed by atoms with Crippen LogP contribution in [0.25, 0.3) is 11.0 Å². The van der Waals surface area contributed by atoms with Gasteiger partial charge in [0.05, 0.1) is 11.3 Å². The molecule has 2 aromatic carbocycles. The Labute approximate surface area is 163 Å². The van der Waals surface area contributed by atoms with E-state index < -0.39 is 5.91 Å². The molecule has 4 aromatic rings. The quantitative estimate of drug-likeness (QED) is 0.525. The minimum atomic E-state index is -0.498. The Bertz CT molecular complexity index is 1130. The van der Waals surface area contributed by atoms with Gasteiger partial charge < -0.3 is 15.6 Å². The third-order valence-corrected chi connectivity index (χ3v) is 4.91. The second-order valence-electron chi connectivity index (χ2n) is 6.71. The second-order valence-corrected chi connectivity index (χ2v) is 6.71. The van der Waals surface area contributed by atoms with E-state index in [4.69, 9.17) is 5.73 Å². The van der Waals surface area contributed by atoms with Gasteiger partial charge in [0.1, 0.15) is 5.65 Å². The minimum absolute atomic E-state index is 0.385. The summed E-state index contributed by atoms with van der Waals surface area (Å²) in [6, 6.07) is 20.3. The molecule has 140 valence electrons. The van der Waals surface area contributed by atoms with Crippen LogP contribution in [0.3, 0.4) is 0 Å². The highest BCUT2D eigenvalue weighted by molar-refractivity contribution is 6.07. The van der Waals surface area contributed by atoms with E-state index in [0.717, 1.165) is 23.1 Å². The van der Waals surface area contributed by atoms with Gasteiger partial charge in [0.2, 0.25) is 0 Å². The van der Waals surface area contributed by atoms with Crippen LogP contribution in [0.2, 0.25) is 0 Å². The number of para-hydroxylation sites is 1. The van der Waals surface area contributed by atoms with Crippen LogP contribution in [0, 0.1) is 0 Å². The van der Waals surface area contributed by atoms with Crippen LogP contribution < -0.4 is 11.1 Å². The number of primary amides is 1. The van der Waals surface area contributed by atoms with Crippen molar-refractivity contribution in [3.63, 3.8) is 0 Å². The average molecular weight is 370 g/mol. The molecule has 0 aliphatic heterocycles. The lowest BCUT2D eigenvalue weighted by atomic mass is 10.1. The van der Waals surface area contributed by atoms with Crippen molar-refractivity contribution in [2.45, 2.75) is 19.9 Å². The van der Waals surface area contributed by atoms with Gasteiger partial charge in [-0.15, -0.1) is 0 Å². The van der Waals surface area contributed by atoms with E-state index >= 15 is 0 Å². The Hall–Kier alpha value is -3.60. The topological polar surface area (TPSA) is 72.9 Å². The van der Waals surface area contributed by atoms with Crippen molar-refractivity contribution in [2.24, 2.45) is 5.73 Å². The number of carbonyl (C=O) groups excluding carboxylic acids is 1. The monoisotopic (exact) mass is 370 g/mol. The Kier molecular flexibility index (Phi) is 4.81. The summed E-state index contributed by atoms with van der Waals surface area (Å²) >= 11 is 0. The number of rotatable bonds is 6. The molecule has 5 nitrogen and oxygen atoms in total. The molecular weight excluding hydrogens is 348 g/mol. The fourth-order valence-corrected chi connectivity index (χ4v) is 3.45. The molecule has 4 rings (SSSR count). The van der Waals surface area contributed by atoms with Gasteiger partial charge >= 0.3 is 0 Å². The maximum Gasteiger partial charge on any atom is 0.252 e. The molecule has 0 atom stereocenters. The molecule has 0 saturated carbocycles. The molecule has 0 radical (unpaired) electrons. The van der Waals surface area contributed by atoms with Crippen molar-refractivity contribution in [2.75, 3.05) is 5.32 Å². The molecule has 0 aliphatic carbocycles. The average Bonchev–Trinajstić information content (AvgIpc) is 3.12. The number of hydrogen-bond acceptors (Lipinski definition) is 3. The van der Waals surface area contributed by atoms with Crippen molar-refractivity contribution >= 4 is 28.3 Å². The summed E-state index contributed by atoms with van der Waals surface area (Å²) in [6.45, 7) is 2.81. The summed E-state index contributed by atoms with van der Waals surface area (Å²) in [5, 5.41) is 4.31. The number of fused-ring (bicyclic) bond motifs is 1. The molecule has 2 heterocycles. The number of hydrogen-bond donors (Lipinski definition) is 2. The van der Waals surface area contributed by atoms with Gasteiger partial charge in [-0.2, -0.15) is 0 Å². The Balaban J connectivity index is 1.81. The van der Waals surface area contributed by atoms with Gasteiger partial charge in [0, 0.05) is 30.0 Å². The molecule has 0 fully saturated rings. The van der Waals surface area contributed by atoms with Crippen LogP contribution in [0.1, 0.15) is 28.4 Å². The summed E-state index contributed by atoms with van der Waals surface area (Å²) in [5.41, 5.74) is 10.9. The number of nitrogens with one attached hydrogen (secondary N) is 1. The minimum Gasteiger partial charge on any atom is -0.365 e. The summed E-state index contributed by atoms with van der Waals surface area (Å²) in [4.78, 5) is 16.6. The van der Waals surface area contributed by atoms with Gasteiger partial charge in [-0.1, -0.05) is 55.5 Å². The zero-order valence-electron chi connectivity index (χ0n) is 15.7. The second kappa shape index (κ2) is 7.56. The Morgan fingerprint density at radius 1 is 1.07 bits per heavy atom. The van der Waals surface area contributed by atoms with E-state index in [1.54, 1.807) is 6.20 Å². The fourth-order valence-electron chi connectivity index (χ4n) is 3.45. The number of benzene rings is 2. The molecule has 0 spiro atoms. The molecule has 5 heteroatoms. The summed E-state index contributed by atoms with van der Waals surface area (Å²) in [7, 11) is 0. The van der Waals surface area contributed by atoms with Crippen molar-refractivity contribution in [3.8, 4) is 0 Å². The number of nitrogens with zero attached hydrogens (tertiary/aromatic N) is 2. The largest absolute Gasteiger partial charge is 0.365 e. The number of anilines is 2. The van der Waals surface area contributed by atoms with Crippen LogP contribution in [-0.2, 0) is 13.0 Å². The van der Waals surface area contributed by atoms with Crippen LogP contribution in [0.4, 0.5) is 11.4 Å². The standard InChI is InChI=1S/C23H22N4O/c1-2-17-10-6-7-11-20(17)26-21-18-12-13-27(15-16-8-4-3-5-9-16)23(18)25-14-19(21)22(24)28/h3-14H,2,15H2,1H3,(H2,24,28)(H,25,26). The molecule has 2 aromatic heterocycles. The number of aromatic nitrogens is 2. The Morgan fingerprint density at radius 3 is 2.57 bits per heavy atom. The lowest BCUT2D eigenvalue weighted by Gasteiger charge is -2.15. The summed E-state index contributed by atoms with van der Waals surface area (Å²) in [5.74, 6) is -0.498. The molecule has 0 bridgehead atoms. The lowest BCUT2D eigenvalue weighted by Crippen LogP contribution is -2.14. The van der Waals surface area contributed by atoms with Crippen molar-refractivity contribution in [1.82, 2.24) is 9.55 Å². The maximum absolute atomic E-state index is 12.0. The summed E-state index contributed by atoms with van der Waals surface area (Å²) in [6.07, 6.45) is 4.44. The predicted molar refractivity (Wildman–Crippen MR) is 113 cm³/mol. The van der Waals surface area contributed by atoms with Crippen molar-refractivity contribution in [3.05, 3.63) is 89.7 Å². The van der Waals surface area contributed by atoms with Crippen molar-refractivity contribution < 1.29 is 4.79 Å². The first-order valence-electron chi connectivity index (χ1n) is 9.34. The molecule has 1 amide bonds. The molecule has 0 aliphatic rings. The first-order chi connectivity index (χ1) is 13.7.